The van der Waals surface area contributed by atoms with E-state index in [1.54, 1.807) is 0 Å². The molecule has 0 spiro atoms. The van der Waals surface area contributed by atoms with Crippen LogP contribution >= 0.6 is 12.4 Å². The number of benzene rings is 1. The molecule has 0 aromatic heterocycles. The molecule has 0 bridgehead atoms. The van der Waals surface area contributed by atoms with Crippen LogP contribution in [0.5, 0.6) is 0 Å². The third-order valence-corrected chi connectivity index (χ3v) is 4.71. The fourth-order valence-electron chi connectivity index (χ4n) is 3.21. The Labute approximate surface area is 155 Å². The number of rotatable bonds is 6. The molecule has 140 valence electrons. The van der Waals surface area contributed by atoms with Gasteiger partial charge in [0.15, 0.2) is 0 Å². The third kappa shape index (κ3) is 6.65. The quantitative estimate of drug-likeness (QED) is 0.805. The summed E-state index contributed by atoms with van der Waals surface area (Å²) in [6, 6.07) is 9.53. The smallest absolute Gasteiger partial charge is 0.317 e. The Balaban J connectivity index is 0.00000312. The number of carbonyl (C=O) groups is 2. The van der Waals surface area contributed by atoms with Gasteiger partial charge < -0.3 is 10.4 Å². The minimum atomic E-state index is -0.797. The standard InChI is InChI=1S/C18H27N3O3.ClH/c1-14(18(24)19-15-7-4-3-5-8-15)21-11-6-9-16(10-12-21)20(2)13-17(22)23;/h3-5,7-8,14,16H,6,9-13H2,1-2H3,(H,19,24)(H,22,23);1H. The summed E-state index contributed by atoms with van der Waals surface area (Å²) in [4.78, 5) is 27.4. The van der Waals surface area contributed by atoms with Gasteiger partial charge >= 0.3 is 5.97 Å². The molecule has 6 nitrogen and oxygen atoms in total. The van der Waals surface area contributed by atoms with Crippen molar-refractivity contribution in [3.8, 4) is 0 Å². The summed E-state index contributed by atoms with van der Waals surface area (Å²) in [5.74, 6) is -0.798. The summed E-state index contributed by atoms with van der Waals surface area (Å²) in [6.07, 6.45) is 2.82. The molecule has 25 heavy (non-hydrogen) atoms. The molecule has 1 aromatic rings. The van der Waals surface area contributed by atoms with Crippen LogP contribution in [0.4, 0.5) is 5.69 Å². The Kier molecular flexibility index (Phi) is 8.89. The van der Waals surface area contributed by atoms with Crippen LogP contribution in [-0.4, -0.2) is 65.5 Å². The molecule has 0 radical (unpaired) electrons. The predicted octanol–water partition coefficient (Wildman–Crippen LogP) is 2.31. The number of amides is 1. The monoisotopic (exact) mass is 369 g/mol. The highest BCUT2D eigenvalue weighted by Crippen LogP contribution is 2.18. The summed E-state index contributed by atoms with van der Waals surface area (Å²) < 4.78 is 0. The van der Waals surface area contributed by atoms with E-state index in [-0.39, 0.29) is 36.9 Å². The Hall–Kier alpha value is -1.63. The Bertz CT molecular complexity index is 556. The van der Waals surface area contributed by atoms with Crippen LogP contribution in [0, 0.1) is 0 Å². The zero-order chi connectivity index (χ0) is 17.5. The Morgan fingerprint density at radius 1 is 1.28 bits per heavy atom. The average molecular weight is 370 g/mol. The largest absolute Gasteiger partial charge is 0.480 e. The van der Waals surface area contributed by atoms with Gasteiger partial charge in [0.05, 0.1) is 12.6 Å². The van der Waals surface area contributed by atoms with Crippen molar-refractivity contribution in [1.29, 1.82) is 0 Å². The van der Waals surface area contributed by atoms with Gasteiger partial charge in [-0.05, 0) is 51.9 Å². The maximum absolute atomic E-state index is 12.4. The van der Waals surface area contributed by atoms with E-state index in [1.165, 1.54) is 0 Å². The summed E-state index contributed by atoms with van der Waals surface area (Å²) in [7, 11) is 1.86. The molecule has 0 aliphatic carbocycles. The van der Waals surface area contributed by atoms with E-state index in [9.17, 15) is 9.59 Å². The molecule has 1 amide bonds. The van der Waals surface area contributed by atoms with Gasteiger partial charge in [-0.3, -0.25) is 19.4 Å². The lowest BCUT2D eigenvalue weighted by Gasteiger charge is -2.28. The summed E-state index contributed by atoms with van der Waals surface area (Å²) in [5.41, 5.74) is 0.809. The number of aliphatic carboxylic acids is 1. The van der Waals surface area contributed by atoms with E-state index in [4.69, 9.17) is 5.11 Å². The van der Waals surface area contributed by atoms with Crippen molar-refractivity contribution in [2.45, 2.75) is 38.3 Å². The lowest BCUT2D eigenvalue weighted by molar-refractivity contribution is -0.138. The van der Waals surface area contributed by atoms with Crippen molar-refractivity contribution in [3.05, 3.63) is 30.3 Å². The number of nitrogens with zero attached hydrogens (tertiary/aromatic N) is 2. The molecule has 1 saturated heterocycles. The molecule has 2 rings (SSSR count). The van der Waals surface area contributed by atoms with E-state index in [2.05, 4.69) is 10.2 Å². The van der Waals surface area contributed by atoms with E-state index in [0.717, 1.165) is 38.0 Å². The maximum atomic E-state index is 12.4. The first-order valence-corrected chi connectivity index (χ1v) is 8.49. The SMILES string of the molecule is CC(C(=O)Nc1ccccc1)N1CCCC(N(C)CC(=O)O)CC1.Cl. The topological polar surface area (TPSA) is 72.9 Å². The molecular formula is C18H28ClN3O3. The van der Waals surface area contributed by atoms with Crippen molar-refractivity contribution in [1.82, 2.24) is 9.80 Å². The van der Waals surface area contributed by atoms with Crippen LogP contribution in [0.2, 0.25) is 0 Å². The lowest BCUT2D eigenvalue weighted by Crippen LogP contribution is -2.43. The molecule has 2 atom stereocenters. The minimum Gasteiger partial charge on any atom is -0.480 e. The highest BCUT2D eigenvalue weighted by molar-refractivity contribution is 5.94. The van der Waals surface area contributed by atoms with Crippen LogP contribution in [0.15, 0.2) is 30.3 Å². The number of carbonyl (C=O) groups excluding carboxylic acids is 1. The van der Waals surface area contributed by atoms with Gasteiger partial charge in [0, 0.05) is 18.3 Å². The van der Waals surface area contributed by atoms with Gasteiger partial charge in [-0.15, -0.1) is 12.4 Å². The van der Waals surface area contributed by atoms with E-state index < -0.39 is 5.97 Å². The number of para-hydroxylation sites is 1. The van der Waals surface area contributed by atoms with E-state index >= 15 is 0 Å². The highest BCUT2D eigenvalue weighted by atomic mass is 35.5. The Morgan fingerprint density at radius 3 is 2.60 bits per heavy atom. The second kappa shape index (κ2) is 10.4. The van der Waals surface area contributed by atoms with Crippen molar-refractivity contribution in [2.75, 3.05) is 32.0 Å². The van der Waals surface area contributed by atoms with Crippen LogP contribution in [0.3, 0.4) is 0 Å². The molecule has 0 saturated carbocycles. The highest BCUT2D eigenvalue weighted by Gasteiger charge is 2.26. The van der Waals surface area contributed by atoms with E-state index in [0.29, 0.717) is 0 Å². The molecule has 2 unspecified atom stereocenters. The predicted molar refractivity (Wildman–Crippen MR) is 101 cm³/mol. The molecule has 1 aromatic carbocycles. The number of anilines is 1. The molecular weight excluding hydrogens is 342 g/mol. The number of carboxylic acid groups (broad SMARTS) is 1. The van der Waals surface area contributed by atoms with Gasteiger partial charge in [0.25, 0.3) is 0 Å². The first-order chi connectivity index (χ1) is 11.5. The summed E-state index contributed by atoms with van der Waals surface area (Å²) >= 11 is 0. The van der Waals surface area contributed by atoms with Crippen LogP contribution in [-0.2, 0) is 9.59 Å². The van der Waals surface area contributed by atoms with Gasteiger partial charge in [0.1, 0.15) is 0 Å². The molecule has 1 aliphatic rings. The van der Waals surface area contributed by atoms with Crippen molar-refractivity contribution in [3.63, 3.8) is 0 Å². The molecule has 2 N–H and O–H groups in total. The normalized spacial score (nSPS) is 19.6. The van der Waals surface area contributed by atoms with Crippen LogP contribution < -0.4 is 5.32 Å². The summed E-state index contributed by atoms with van der Waals surface area (Å²) in [5, 5.41) is 11.9. The van der Waals surface area contributed by atoms with Gasteiger partial charge in [-0.25, -0.2) is 0 Å². The van der Waals surface area contributed by atoms with Crippen molar-refractivity contribution >= 4 is 30.0 Å². The minimum absolute atomic E-state index is 0. The number of carboxylic acids is 1. The van der Waals surface area contributed by atoms with Crippen molar-refractivity contribution in [2.24, 2.45) is 0 Å². The molecule has 1 heterocycles. The average Bonchev–Trinajstić information content (AvgIpc) is 2.80. The molecule has 1 aliphatic heterocycles. The fraction of sp³-hybridized carbons (Fsp3) is 0.556. The first kappa shape index (κ1) is 21.4. The number of nitrogens with one attached hydrogen (secondary N) is 1. The van der Waals surface area contributed by atoms with Crippen LogP contribution in [0.1, 0.15) is 26.2 Å². The fourth-order valence-corrected chi connectivity index (χ4v) is 3.21. The number of hydrogen-bond donors (Lipinski definition) is 2. The zero-order valence-corrected chi connectivity index (χ0v) is 15.7. The molecule has 7 heteroatoms. The van der Waals surface area contributed by atoms with Crippen LogP contribution in [0.25, 0.3) is 0 Å². The number of likely N-dealkylation sites (tertiary alicyclic amines) is 1. The zero-order valence-electron chi connectivity index (χ0n) is 14.9. The Morgan fingerprint density at radius 2 is 1.96 bits per heavy atom. The second-order valence-electron chi connectivity index (χ2n) is 6.46. The first-order valence-electron chi connectivity index (χ1n) is 8.49. The number of hydrogen-bond acceptors (Lipinski definition) is 4. The molecule has 1 fully saturated rings. The second-order valence-corrected chi connectivity index (χ2v) is 6.46. The number of halogens is 1. The van der Waals surface area contributed by atoms with Gasteiger partial charge in [-0.1, -0.05) is 18.2 Å². The third-order valence-electron chi connectivity index (χ3n) is 4.71. The van der Waals surface area contributed by atoms with Crippen molar-refractivity contribution < 1.29 is 14.7 Å². The summed E-state index contributed by atoms with van der Waals surface area (Å²) in [6.45, 7) is 3.66. The van der Waals surface area contributed by atoms with Gasteiger partial charge in [0.2, 0.25) is 5.91 Å². The van der Waals surface area contributed by atoms with E-state index in [1.807, 2.05) is 49.2 Å². The lowest BCUT2D eigenvalue weighted by atomic mass is 10.1. The number of likely N-dealkylation sites (N-methyl/N-ethyl adjacent to an activating group) is 1. The van der Waals surface area contributed by atoms with Gasteiger partial charge in [-0.2, -0.15) is 0 Å². The maximum Gasteiger partial charge on any atom is 0.317 e.